The molecule has 2 rings (SSSR count). The molecule has 19 heavy (non-hydrogen) atoms. The highest BCUT2D eigenvalue weighted by atomic mass is 16.5. The summed E-state index contributed by atoms with van der Waals surface area (Å²) in [5, 5.41) is 13.1. The maximum atomic E-state index is 8.88. The van der Waals surface area contributed by atoms with Crippen molar-refractivity contribution in [2.75, 3.05) is 40.0 Å². The van der Waals surface area contributed by atoms with E-state index in [0.29, 0.717) is 25.5 Å². The van der Waals surface area contributed by atoms with Crippen molar-refractivity contribution in [1.29, 1.82) is 5.26 Å². The van der Waals surface area contributed by atoms with Crippen LogP contribution in [0, 0.1) is 11.3 Å². The van der Waals surface area contributed by atoms with Crippen LogP contribution in [-0.4, -0.2) is 54.7 Å². The fourth-order valence-corrected chi connectivity index (χ4v) is 2.21. The number of ether oxygens (including phenoxy) is 2. The van der Waals surface area contributed by atoms with E-state index >= 15 is 0 Å². The first-order valence-corrected chi connectivity index (χ1v) is 6.59. The Balaban J connectivity index is 1.82. The third kappa shape index (κ3) is 4.03. The Kier molecular flexibility index (Phi) is 5.33. The van der Waals surface area contributed by atoms with Crippen LogP contribution >= 0.6 is 0 Å². The van der Waals surface area contributed by atoms with Crippen LogP contribution in [0.2, 0.25) is 0 Å². The van der Waals surface area contributed by atoms with Gasteiger partial charge in [0.05, 0.1) is 25.5 Å². The van der Waals surface area contributed by atoms with Gasteiger partial charge in [-0.15, -0.1) is 0 Å². The topological polar surface area (TPSA) is 63.3 Å². The molecular weight excluding hydrogens is 244 g/mol. The Bertz CT molecular complexity index is 438. The van der Waals surface area contributed by atoms with Crippen molar-refractivity contribution in [2.24, 2.45) is 0 Å². The summed E-state index contributed by atoms with van der Waals surface area (Å²) in [5.41, 5.74) is 1.62. The molecule has 0 saturated carbocycles. The molecule has 0 fully saturated rings. The number of hydrogen-bond acceptors (Lipinski definition) is 5. The van der Waals surface area contributed by atoms with Crippen molar-refractivity contribution in [2.45, 2.75) is 19.5 Å². The molecule has 104 valence electrons. The number of fused-ring (bicyclic) bond motifs is 1. The van der Waals surface area contributed by atoms with Crippen LogP contribution in [0.1, 0.15) is 17.8 Å². The second-order valence-electron chi connectivity index (χ2n) is 4.59. The smallest absolute Gasteiger partial charge is 0.162 e. The minimum atomic E-state index is 0.508. The first kappa shape index (κ1) is 14.0. The van der Waals surface area contributed by atoms with Gasteiger partial charge in [-0.3, -0.25) is 9.58 Å². The van der Waals surface area contributed by atoms with Crippen molar-refractivity contribution < 1.29 is 9.47 Å². The molecule has 1 aromatic rings. The zero-order valence-corrected chi connectivity index (χ0v) is 11.3. The summed E-state index contributed by atoms with van der Waals surface area (Å²) in [5.74, 6) is 0. The normalized spacial score (nSPS) is 15.8. The molecular formula is C13H20N4O2. The van der Waals surface area contributed by atoms with Gasteiger partial charge < -0.3 is 9.47 Å². The van der Waals surface area contributed by atoms with Crippen LogP contribution in [0.4, 0.5) is 0 Å². The molecule has 6 heteroatoms. The SMILES string of the molecule is COCCOCCN1CCCn2nc(C#N)cc2C1. The molecule has 1 aromatic heterocycles. The summed E-state index contributed by atoms with van der Waals surface area (Å²) in [7, 11) is 1.67. The number of aryl methyl sites for hydroxylation is 1. The molecule has 0 radical (unpaired) electrons. The Morgan fingerprint density at radius 3 is 3.05 bits per heavy atom. The van der Waals surface area contributed by atoms with Crippen LogP contribution in [0.3, 0.4) is 0 Å². The number of rotatable bonds is 6. The van der Waals surface area contributed by atoms with E-state index in [2.05, 4.69) is 16.1 Å². The monoisotopic (exact) mass is 264 g/mol. The van der Waals surface area contributed by atoms with Crippen molar-refractivity contribution in [3.05, 3.63) is 17.5 Å². The maximum absolute atomic E-state index is 8.88. The van der Waals surface area contributed by atoms with Gasteiger partial charge in [-0.2, -0.15) is 10.4 Å². The summed E-state index contributed by atoms with van der Waals surface area (Å²) in [6.45, 7) is 5.65. The fourth-order valence-electron chi connectivity index (χ4n) is 2.21. The molecule has 0 bridgehead atoms. The van der Waals surface area contributed by atoms with E-state index in [0.717, 1.165) is 38.3 Å². The standard InChI is InChI=1S/C13H20N4O2/c1-18-7-8-19-6-5-16-3-2-4-17-13(11-16)9-12(10-14)15-17/h9H,2-8,11H2,1H3. The van der Waals surface area contributed by atoms with Gasteiger partial charge in [0.1, 0.15) is 6.07 Å². The van der Waals surface area contributed by atoms with Crippen LogP contribution in [0.15, 0.2) is 6.07 Å². The minimum absolute atomic E-state index is 0.508. The van der Waals surface area contributed by atoms with E-state index in [-0.39, 0.29) is 0 Å². The quantitative estimate of drug-likeness (QED) is 0.705. The third-order valence-electron chi connectivity index (χ3n) is 3.19. The number of hydrogen-bond donors (Lipinski definition) is 0. The predicted octanol–water partition coefficient (Wildman–Crippen LogP) is 0.623. The van der Waals surface area contributed by atoms with Crippen LogP contribution in [0.5, 0.6) is 0 Å². The van der Waals surface area contributed by atoms with Gasteiger partial charge >= 0.3 is 0 Å². The van der Waals surface area contributed by atoms with Gasteiger partial charge in [0, 0.05) is 33.3 Å². The van der Waals surface area contributed by atoms with E-state index < -0.39 is 0 Å². The zero-order chi connectivity index (χ0) is 13.5. The van der Waals surface area contributed by atoms with Crippen molar-refractivity contribution in [1.82, 2.24) is 14.7 Å². The first-order chi connectivity index (χ1) is 9.33. The van der Waals surface area contributed by atoms with E-state index in [1.165, 1.54) is 0 Å². The largest absolute Gasteiger partial charge is 0.382 e. The van der Waals surface area contributed by atoms with E-state index in [9.17, 15) is 0 Å². The molecule has 0 aliphatic carbocycles. The first-order valence-electron chi connectivity index (χ1n) is 6.59. The lowest BCUT2D eigenvalue weighted by Crippen LogP contribution is -2.27. The number of nitriles is 1. The van der Waals surface area contributed by atoms with Crippen molar-refractivity contribution in [3.63, 3.8) is 0 Å². The lowest BCUT2D eigenvalue weighted by Gasteiger charge is -2.19. The molecule has 6 nitrogen and oxygen atoms in total. The van der Waals surface area contributed by atoms with E-state index in [4.69, 9.17) is 14.7 Å². The minimum Gasteiger partial charge on any atom is -0.382 e. The van der Waals surface area contributed by atoms with Crippen LogP contribution in [0.25, 0.3) is 0 Å². The highest BCUT2D eigenvalue weighted by Gasteiger charge is 2.16. The fraction of sp³-hybridized carbons (Fsp3) is 0.692. The van der Waals surface area contributed by atoms with Gasteiger partial charge in [0.2, 0.25) is 0 Å². The Hall–Kier alpha value is -1.42. The average Bonchev–Trinajstić information content (AvgIpc) is 2.71. The number of aromatic nitrogens is 2. The Labute approximate surface area is 113 Å². The zero-order valence-electron chi connectivity index (χ0n) is 11.3. The summed E-state index contributed by atoms with van der Waals surface area (Å²) >= 11 is 0. The molecule has 2 heterocycles. The van der Waals surface area contributed by atoms with E-state index in [1.54, 1.807) is 7.11 Å². The maximum Gasteiger partial charge on any atom is 0.162 e. The highest BCUT2D eigenvalue weighted by Crippen LogP contribution is 2.13. The lowest BCUT2D eigenvalue weighted by atomic mass is 10.3. The molecule has 1 aliphatic heterocycles. The molecule has 0 amide bonds. The van der Waals surface area contributed by atoms with Crippen molar-refractivity contribution >= 4 is 0 Å². The molecule has 0 N–H and O–H groups in total. The highest BCUT2D eigenvalue weighted by molar-refractivity contribution is 5.22. The number of nitrogens with zero attached hydrogens (tertiary/aromatic N) is 4. The van der Waals surface area contributed by atoms with Gasteiger partial charge in [0.25, 0.3) is 0 Å². The Morgan fingerprint density at radius 2 is 2.26 bits per heavy atom. The lowest BCUT2D eigenvalue weighted by molar-refractivity contribution is 0.0562. The summed E-state index contributed by atoms with van der Waals surface area (Å²) in [4.78, 5) is 2.34. The summed E-state index contributed by atoms with van der Waals surface area (Å²) in [6, 6.07) is 3.98. The van der Waals surface area contributed by atoms with Crippen LogP contribution < -0.4 is 0 Å². The molecule has 0 saturated heterocycles. The second kappa shape index (κ2) is 7.24. The second-order valence-corrected chi connectivity index (χ2v) is 4.59. The third-order valence-corrected chi connectivity index (χ3v) is 3.19. The Morgan fingerprint density at radius 1 is 1.37 bits per heavy atom. The average molecular weight is 264 g/mol. The molecule has 0 unspecified atom stereocenters. The van der Waals surface area contributed by atoms with E-state index in [1.807, 2.05) is 10.7 Å². The van der Waals surface area contributed by atoms with Crippen LogP contribution in [-0.2, 0) is 22.6 Å². The van der Waals surface area contributed by atoms with Gasteiger partial charge in [-0.05, 0) is 12.5 Å². The van der Waals surface area contributed by atoms with Gasteiger partial charge in [0.15, 0.2) is 5.69 Å². The molecule has 0 spiro atoms. The van der Waals surface area contributed by atoms with Gasteiger partial charge in [-0.25, -0.2) is 0 Å². The summed E-state index contributed by atoms with van der Waals surface area (Å²) in [6.07, 6.45) is 1.05. The predicted molar refractivity (Wildman–Crippen MR) is 69.5 cm³/mol. The van der Waals surface area contributed by atoms with Crippen molar-refractivity contribution in [3.8, 4) is 6.07 Å². The van der Waals surface area contributed by atoms with Gasteiger partial charge in [-0.1, -0.05) is 0 Å². The molecule has 0 aromatic carbocycles. The molecule has 1 aliphatic rings. The summed E-state index contributed by atoms with van der Waals surface area (Å²) < 4.78 is 12.4. The molecule has 0 atom stereocenters. The number of methoxy groups -OCH3 is 1.